The summed E-state index contributed by atoms with van der Waals surface area (Å²) < 4.78 is 14.1. The van der Waals surface area contributed by atoms with E-state index in [1.165, 1.54) is 25.1 Å². The Morgan fingerprint density at radius 3 is 2.54 bits per heavy atom. The molecule has 1 atom stereocenters. The smallest absolute Gasteiger partial charge is 0.325 e. The van der Waals surface area contributed by atoms with Crippen molar-refractivity contribution in [1.82, 2.24) is 15.1 Å². The number of piperidine rings is 1. The van der Waals surface area contributed by atoms with Gasteiger partial charge < -0.3 is 10.2 Å². The molecular weight excluding hydrogens is 313 g/mol. The summed E-state index contributed by atoms with van der Waals surface area (Å²) in [7, 11) is 0. The molecule has 4 amide bonds. The number of benzene rings is 1. The second-order valence-electron chi connectivity index (χ2n) is 6.37. The van der Waals surface area contributed by atoms with E-state index in [2.05, 4.69) is 5.32 Å². The first-order valence-corrected chi connectivity index (χ1v) is 8.10. The van der Waals surface area contributed by atoms with Gasteiger partial charge in [0.2, 0.25) is 5.91 Å². The molecule has 7 heteroatoms. The van der Waals surface area contributed by atoms with Gasteiger partial charge >= 0.3 is 6.03 Å². The van der Waals surface area contributed by atoms with Crippen molar-refractivity contribution in [2.75, 3.05) is 19.6 Å². The number of nitrogens with one attached hydrogen (secondary N) is 1. The van der Waals surface area contributed by atoms with Crippen LogP contribution in [0.25, 0.3) is 0 Å². The fraction of sp³-hybridized carbons (Fsp3) is 0.471. The summed E-state index contributed by atoms with van der Waals surface area (Å²) in [5.74, 6) is -1.43. The Morgan fingerprint density at radius 1 is 1.21 bits per heavy atom. The predicted molar refractivity (Wildman–Crippen MR) is 84.4 cm³/mol. The molecule has 0 saturated carbocycles. The van der Waals surface area contributed by atoms with Crippen LogP contribution in [0.15, 0.2) is 24.3 Å². The van der Waals surface area contributed by atoms with Crippen LogP contribution >= 0.6 is 0 Å². The van der Waals surface area contributed by atoms with Crippen molar-refractivity contribution in [2.24, 2.45) is 0 Å². The zero-order valence-electron chi connectivity index (χ0n) is 13.5. The lowest BCUT2D eigenvalue weighted by Crippen LogP contribution is -2.46. The van der Waals surface area contributed by atoms with Gasteiger partial charge in [0.1, 0.15) is 17.9 Å². The number of carbonyl (C=O) groups excluding carboxylic acids is 3. The number of imide groups is 1. The lowest BCUT2D eigenvalue weighted by atomic mass is 9.91. The molecule has 2 aliphatic rings. The second-order valence-corrected chi connectivity index (χ2v) is 6.37. The molecule has 6 nitrogen and oxygen atoms in total. The summed E-state index contributed by atoms with van der Waals surface area (Å²) in [4.78, 5) is 39.8. The summed E-state index contributed by atoms with van der Waals surface area (Å²) in [6, 6.07) is 5.15. The van der Waals surface area contributed by atoms with Gasteiger partial charge in [0, 0.05) is 18.7 Å². The lowest BCUT2D eigenvalue weighted by Gasteiger charge is -2.28. The molecule has 1 N–H and O–H groups in total. The Kier molecular flexibility index (Phi) is 4.26. The highest BCUT2D eigenvalue weighted by atomic mass is 19.1. The van der Waals surface area contributed by atoms with E-state index in [9.17, 15) is 18.8 Å². The molecule has 0 radical (unpaired) electrons. The Bertz CT molecular complexity index is 687. The van der Waals surface area contributed by atoms with Gasteiger partial charge in [-0.05, 0) is 32.3 Å². The molecule has 2 saturated heterocycles. The average Bonchev–Trinajstić information content (AvgIpc) is 2.80. The standard InChI is InChI=1S/C17H20FN3O3/c1-17(12-7-3-4-8-13(12)18)15(23)21(16(24)19-17)11-14(22)20-9-5-2-6-10-20/h3-4,7-8H,2,5-6,9-11H2,1H3,(H,19,24). The predicted octanol–water partition coefficient (Wildman–Crippen LogP) is 1.61. The van der Waals surface area contributed by atoms with Crippen LogP contribution in [-0.4, -0.2) is 47.3 Å². The Balaban J connectivity index is 1.79. The lowest BCUT2D eigenvalue weighted by molar-refractivity contribution is -0.139. The number of halogens is 1. The number of hydrogen-bond acceptors (Lipinski definition) is 3. The van der Waals surface area contributed by atoms with Gasteiger partial charge in [-0.15, -0.1) is 0 Å². The van der Waals surface area contributed by atoms with Crippen LogP contribution in [0, 0.1) is 5.82 Å². The van der Waals surface area contributed by atoms with Crippen molar-refractivity contribution in [3.63, 3.8) is 0 Å². The first kappa shape index (κ1) is 16.4. The Hall–Kier alpha value is -2.44. The first-order chi connectivity index (χ1) is 11.4. The maximum atomic E-state index is 14.1. The van der Waals surface area contributed by atoms with E-state index in [0.717, 1.165) is 24.2 Å². The minimum atomic E-state index is -1.50. The van der Waals surface area contributed by atoms with E-state index in [-0.39, 0.29) is 18.0 Å². The fourth-order valence-electron chi connectivity index (χ4n) is 3.27. The van der Waals surface area contributed by atoms with E-state index in [1.807, 2.05) is 0 Å². The van der Waals surface area contributed by atoms with Gasteiger partial charge in [0.15, 0.2) is 0 Å². The monoisotopic (exact) mass is 333 g/mol. The van der Waals surface area contributed by atoms with Crippen LogP contribution < -0.4 is 5.32 Å². The van der Waals surface area contributed by atoms with E-state index < -0.39 is 23.3 Å². The van der Waals surface area contributed by atoms with Crippen LogP contribution in [0.4, 0.5) is 9.18 Å². The number of amides is 4. The molecule has 3 rings (SSSR count). The molecule has 24 heavy (non-hydrogen) atoms. The first-order valence-electron chi connectivity index (χ1n) is 8.10. The van der Waals surface area contributed by atoms with Crippen molar-refractivity contribution in [2.45, 2.75) is 31.7 Å². The van der Waals surface area contributed by atoms with Crippen LogP contribution in [0.5, 0.6) is 0 Å². The maximum Gasteiger partial charge on any atom is 0.325 e. The van der Waals surface area contributed by atoms with Gasteiger partial charge in [-0.2, -0.15) is 0 Å². The highest BCUT2D eigenvalue weighted by molar-refractivity contribution is 6.09. The van der Waals surface area contributed by atoms with Gasteiger partial charge in [-0.3, -0.25) is 14.5 Å². The van der Waals surface area contributed by atoms with E-state index >= 15 is 0 Å². The molecule has 2 heterocycles. The van der Waals surface area contributed by atoms with E-state index in [0.29, 0.717) is 13.1 Å². The van der Waals surface area contributed by atoms with Gasteiger partial charge in [0.25, 0.3) is 5.91 Å². The summed E-state index contributed by atoms with van der Waals surface area (Å²) >= 11 is 0. The van der Waals surface area contributed by atoms with Crippen LogP contribution in [-0.2, 0) is 15.1 Å². The number of nitrogens with zero attached hydrogens (tertiary/aromatic N) is 2. The SMILES string of the molecule is CC1(c2ccccc2F)NC(=O)N(CC(=O)N2CCCCC2)C1=O. The second kappa shape index (κ2) is 6.22. The summed E-state index contributed by atoms with van der Waals surface area (Å²) in [6.45, 7) is 2.44. The highest BCUT2D eigenvalue weighted by Gasteiger charge is 2.50. The molecule has 128 valence electrons. The van der Waals surface area contributed by atoms with Crippen molar-refractivity contribution in [1.29, 1.82) is 0 Å². The number of hydrogen-bond donors (Lipinski definition) is 1. The van der Waals surface area contributed by atoms with Crippen molar-refractivity contribution in [3.8, 4) is 0 Å². The number of carbonyl (C=O) groups is 3. The zero-order valence-corrected chi connectivity index (χ0v) is 13.5. The Morgan fingerprint density at radius 2 is 1.88 bits per heavy atom. The summed E-state index contributed by atoms with van der Waals surface area (Å²) in [5.41, 5.74) is -1.40. The largest absolute Gasteiger partial charge is 0.341 e. The van der Waals surface area contributed by atoms with E-state index in [4.69, 9.17) is 0 Å². The van der Waals surface area contributed by atoms with Crippen LogP contribution in [0.1, 0.15) is 31.7 Å². The molecule has 1 unspecified atom stereocenters. The normalized spacial score (nSPS) is 24.2. The van der Waals surface area contributed by atoms with Crippen molar-refractivity contribution >= 4 is 17.8 Å². The van der Waals surface area contributed by atoms with Crippen molar-refractivity contribution < 1.29 is 18.8 Å². The molecule has 2 fully saturated rings. The summed E-state index contributed by atoms with van der Waals surface area (Å²) in [6.07, 6.45) is 2.94. The third-order valence-corrected chi connectivity index (χ3v) is 4.69. The average molecular weight is 333 g/mol. The molecule has 0 aromatic heterocycles. The molecular formula is C17H20FN3O3. The van der Waals surface area contributed by atoms with Crippen molar-refractivity contribution in [3.05, 3.63) is 35.6 Å². The van der Waals surface area contributed by atoms with Crippen LogP contribution in [0.3, 0.4) is 0 Å². The fourth-order valence-corrected chi connectivity index (χ4v) is 3.27. The number of likely N-dealkylation sites (tertiary alicyclic amines) is 1. The zero-order chi connectivity index (χ0) is 17.3. The molecule has 0 spiro atoms. The van der Waals surface area contributed by atoms with E-state index in [1.54, 1.807) is 11.0 Å². The van der Waals surface area contributed by atoms with Gasteiger partial charge in [-0.1, -0.05) is 18.2 Å². The number of urea groups is 1. The quantitative estimate of drug-likeness (QED) is 0.854. The molecule has 2 aliphatic heterocycles. The third-order valence-electron chi connectivity index (χ3n) is 4.69. The van der Waals surface area contributed by atoms with Gasteiger partial charge in [-0.25, -0.2) is 9.18 Å². The molecule has 1 aromatic rings. The third kappa shape index (κ3) is 2.74. The number of rotatable bonds is 3. The molecule has 0 aliphatic carbocycles. The topological polar surface area (TPSA) is 69.7 Å². The summed E-state index contributed by atoms with van der Waals surface area (Å²) in [5, 5.41) is 2.52. The molecule has 1 aromatic carbocycles. The highest BCUT2D eigenvalue weighted by Crippen LogP contribution is 2.30. The van der Waals surface area contributed by atoms with Gasteiger partial charge in [0.05, 0.1) is 0 Å². The maximum absolute atomic E-state index is 14.1. The van der Waals surface area contributed by atoms with Crippen LogP contribution in [0.2, 0.25) is 0 Å². The Labute approximate surface area is 139 Å². The molecule has 0 bridgehead atoms. The minimum Gasteiger partial charge on any atom is -0.341 e. The minimum absolute atomic E-state index is 0.0938.